The van der Waals surface area contributed by atoms with E-state index in [2.05, 4.69) is 9.05 Å². The van der Waals surface area contributed by atoms with E-state index in [9.17, 15) is 8.96 Å². The number of hydrogen-bond donors (Lipinski definition) is 0. The first-order valence-corrected chi connectivity index (χ1v) is 8.45. The second kappa shape index (κ2) is 3.19. The lowest BCUT2D eigenvalue weighted by Gasteiger charge is -2.19. The third-order valence-electron chi connectivity index (χ3n) is 0.993. The number of hydrogen-bond acceptors (Lipinski definition) is 4. The molecule has 2 atom stereocenters. The normalized spacial score (nSPS) is 37.2. The van der Waals surface area contributed by atoms with Crippen LogP contribution in [0.2, 0.25) is 19.6 Å². The lowest BCUT2D eigenvalue weighted by Crippen LogP contribution is -2.23. The highest BCUT2D eigenvalue weighted by Gasteiger charge is 2.42. The van der Waals surface area contributed by atoms with Crippen LogP contribution >= 0.6 is 7.82 Å². The third-order valence-corrected chi connectivity index (χ3v) is 5.03. The summed E-state index contributed by atoms with van der Waals surface area (Å²) in [5.74, 6) is 0. The van der Waals surface area contributed by atoms with Gasteiger partial charge in [-0.05, 0) is 19.6 Å². The summed E-state index contributed by atoms with van der Waals surface area (Å²) >= 11 is 0. The second-order valence-corrected chi connectivity index (χ2v) is 9.78. The minimum Gasteiger partial charge on any atom is -0.330 e. The van der Waals surface area contributed by atoms with Crippen LogP contribution in [0.5, 0.6) is 0 Å². The standard InChI is InChI=1S/C5H12FO4PSi/c1-12(2,3)10-11(7)8-4-5(6)9-11/h5H,4H2,1-3H3. The summed E-state index contributed by atoms with van der Waals surface area (Å²) in [6.45, 7) is 5.17. The van der Waals surface area contributed by atoms with Gasteiger partial charge in [0.1, 0.15) is 6.61 Å². The average molecular weight is 214 g/mol. The van der Waals surface area contributed by atoms with Gasteiger partial charge in [-0.3, -0.25) is 4.52 Å². The molecule has 1 aliphatic heterocycles. The van der Waals surface area contributed by atoms with Crippen LogP contribution in [0, 0.1) is 0 Å². The Morgan fingerprint density at radius 3 is 2.50 bits per heavy atom. The van der Waals surface area contributed by atoms with Crippen molar-refractivity contribution >= 4 is 16.1 Å². The van der Waals surface area contributed by atoms with Crippen molar-refractivity contribution in [3.63, 3.8) is 0 Å². The molecule has 0 bridgehead atoms. The van der Waals surface area contributed by atoms with Crippen molar-refractivity contribution in [3.8, 4) is 0 Å². The summed E-state index contributed by atoms with van der Waals surface area (Å²) < 4.78 is 37.8. The molecule has 12 heavy (non-hydrogen) atoms. The summed E-state index contributed by atoms with van der Waals surface area (Å²) in [5.41, 5.74) is 0. The van der Waals surface area contributed by atoms with Gasteiger partial charge in [-0.25, -0.2) is 13.5 Å². The summed E-state index contributed by atoms with van der Waals surface area (Å²) in [6.07, 6.45) is -1.62. The first-order valence-electron chi connectivity index (χ1n) is 3.59. The fourth-order valence-corrected chi connectivity index (χ4v) is 4.50. The van der Waals surface area contributed by atoms with Crippen LogP contribution in [-0.4, -0.2) is 21.3 Å². The third kappa shape index (κ3) is 2.95. The molecule has 1 rings (SSSR count). The van der Waals surface area contributed by atoms with E-state index >= 15 is 0 Å². The van der Waals surface area contributed by atoms with E-state index in [-0.39, 0.29) is 6.61 Å². The molecule has 1 heterocycles. The molecule has 4 nitrogen and oxygen atoms in total. The van der Waals surface area contributed by atoms with Crippen LogP contribution in [0.4, 0.5) is 4.39 Å². The summed E-state index contributed by atoms with van der Waals surface area (Å²) in [6, 6.07) is 0. The lowest BCUT2D eigenvalue weighted by molar-refractivity contribution is 0.0845. The van der Waals surface area contributed by atoms with Gasteiger partial charge < -0.3 is 4.21 Å². The molecule has 72 valence electrons. The summed E-state index contributed by atoms with van der Waals surface area (Å²) in [4.78, 5) is 0. The minimum absolute atomic E-state index is 0.304. The van der Waals surface area contributed by atoms with Crippen LogP contribution in [0.25, 0.3) is 0 Å². The van der Waals surface area contributed by atoms with E-state index in [0.717, 1.165) is 0 Å². The van der Waals surface area contributed by atoms with E-state index in [4.69, 9.17) is 4.21 Å². The van der Waals surface area contributed by atoms with Gasteiger partial charge in [-0.2, -0.15) is 0 Å². The predicted molar refractivity (Wildman–Crippen MR) is 44.0 cm³/mol. The Morgan fingerprint density at radius 2 is 2.17 bits per heavy atom. The maximum atomic E-state index is 12.4. The Balaban J connectivity index is 2.57. The van der Waals surface area contributed by atoms with Crippen LogP contribution in [0.15, 0.2) is 0 Å². The Morgan fingerprint density at radius 1 is 1.58 bits per heavy atom. The molecule has 0 aliphatic carbocycles. The van der Waals surface area contributed by atoms with Crippen LogP contribution in [0.1, 0.15) is 0 Å². The fourth-order valence-electron chi connectivity index (χ4n) is 0.734. The van der Waals surface area contributed by atoms with Crippen LogP contribution < -0.4 is 0 Å². The van der Waals surface area contributed by atoms with Crippen LogP contribution in [-0.2, 0) is 17.8 Å². The first-order chi connectivity index (χ1) is 5.31. The smallest absolute Gasteiger partial charge is 0.330 e. The fraction of sp³-hybridized carbons (Fsp3) is 1.00. The molecular weight excluding hydrogens is 202 g/mol. The van der Waals surface area contributed by atoms with Crippen molar-refractivity contribution in [1.29, 1.82) is 0 Å². The molecule has 0 saturated carbocycles. The molecule has 1 fully saturated rings. The van der Waals surface area contributed by atoms with E-state index < -0.39 is 22.5 Å². The number of phosphoric ester groups is 1. The molecule has 0 radical (unpaired) electrons. The van der Waals surface area contributed by atoms with Crippen molar-refractivity contribution in [2.45, 2.75) is 26.0 Å². The lowest BCUT2D eigenvalue weighted by atomic mass is 10.8. The number of alkyl halides is 1. The van der Waals surface area contributed by atoms with E-state index in [1.54, 1.807) is 0 Å². The molecule has 0 spiro atoms. The Hall–Kier alpha value is 0.257. The van der Waals surface area contributed by atoms with Gasteiger partial charge in [-0.1, -0.05) is 0 Å². The van der Waals surface area contributed by atoms with Crippen molar-refractivity contribution in [2.75, 3.05) is 6.61 Å². The Kier molecular flexibility index (Phi) is 2.75. The predicted octanol–water partition coefficient (Wildman–Crippen LogP) is 2.29. The summed E-state index contributed by atoms with van der Waals surface area (Å²) in [5, 5.41) is 0. The number of rotatable bonds is 2. The average Bonchev–Trinajstić information content (AvgIpc) is 2.05. The molecule has 0 aromatic carbocycles. The van der Waals surface area contributed by atoms with Gasteiger partial charge in [-0.15, -0.1) is 0 Å². The van der Waals surface area contributed by atoms with Crippen LogP contribution in [0.3, 0.4) is 0 Å². The molecular formula is C5H12FO4PSi. The molecule has 0 aromatic rings. The van der Waals surface area contributed by atoms with Gasteiger partial charge in [0.05, 0.1) is 0 Å². The molecule has 0 N–H and O–H groups in total. The van der Waals surface area contributed by atoms with Gasteiger partial charge >= 0.3 is 7.82 Å². The summed E-state index contributed by atoms with van der Waals surface area (Å²) in [7, 11) is -5.56. The number of phosphoric acid groups is 1. The van der Waals surface area contributed by atoms with Crippen molar-refractivity contribution < 1.29 is 22.2 Å². The zero-order valence-corrected chi connectivity index (χ0v) is 9.14. The first kappa shape index (κ1) is 10.3. The monoisotopic (exact) mass is 214 g/mol. The number of halogens is 1. The van der Waals surface area contributed by atoms with E-state index in [1.807, 2.05) is 19.6 Å². The second-order valence-electron chi connectivity index (χ2n) is 3.46. The minimum atomic E-state index is -3.56. The zero-order chi connectivity index (χ0) is 9.41. The Labute approximate surface area is 71.8 Å². The maximum Gasteiger partial charge on any atom is 0.467 e. The van der Waals surface area contributed by atoms with E-state index in [1.165, 1.54) is 0 Å². The van der Waals surface area contributed by atoms with Gasteiger partial charge in [0.2, 0.25) is 6.36 Å². The van der Waals surface area contributed by atoms with Crippen molar-refractivity contribution in [2.24, 2.45) is 0 Å². The molecule has 0 amide bonds. The van der Waals surface area contributed by atoms with Crippen molar-refractivity contribution in [3.05, 3.63) is 0 Å². The highest BCUT2D eigenvalue weighted by atomic mass is 31.2. The van der Waals surface area contributed by atoms with E-state index in [0.29, 0.717) is 0 Å². The quantitative estimate of drug-likeness (QED) is 0.522. The Bertz CT molecular complexity index is 216. The van der Waals surface area contributed by atoms with Crippen molar-refractivity contribution in [1.82, 2.24) is 0 Å². The molecule has 7 heteroatoms. The maximum absolute atomic E-state index is 12.4. The van der Waals surface area contributed by atoms with Gasteiger partial charge in [0.15, 0.2) is 8.32 Å². The molecule has 1 aliphatic rings. The largest absolute Gasteiger partial charge is 0.467 e. The SMILES string of the molecule is C[Si](C)(C)OP1(=O)OCC(F)O1. The highest BCUT2D eigenvalue weighted by Crippen LogP contribution is 2.56. The zero-order valence-electron chi connectivity index (χ0n) is 7.24. The van der Waals surface area contributed by atoms with Gasteiger partial charge in [0, 0.05) is 0 Å². The highest BCUT2D eigenvalue weighted by molar-refractivity contribution is 7.50. The molecule has 1 saturated heterocycles. The molecule has 0 aromatic heterocycles. The van der Waals surface area contributed by atoms with Gasteiger partial charge in [0.25, 0.3) is 0 Å². The molecule has 2 unspecified atom stereocenters. The topological polar surface area (TPSA) is 44.8 Å².